The number of carbonyl (C=O) groups excluding carboxylic acids is 2. The average molecular weight is 454 g/mol. The summed E-state index contributed by atoms with van der Waals surface area (Å²) in [5.41, 5.74) is 2.98. The summed E-state index contributed by atoms with van der Waals surface area (Å²) >= 11 is 0. The molecule has 0 saturated heterocycles. The first kappa shape index (κ1) is 24.4. The lowest BCUT2D eigenvalue weighted by molar-refractivity contribution is -0.134. The van der Waals surface area contributed by atoms with E-state index in [1.807, 2.05) is 31.2 Å². The van der Waals surface area contributed by atoms with Crippen LogP contribution in [-0.2, 0) is 9.59 Å². The van der Waals surface area contributed by atoms with E-state index in [1.165, 1.54) is 0 Å². The van der Waals surface area contributed by atoms with Crippen molar-refractivity contribution >= 4 is 23.2 Å². The fraction of sp³-hybridized carbons (Fsp3) is 0.462. The van der Waals surface area contributed by atoms with Crippen molar-refractivity contribution in [3.63, 3.8) is 0 Å². The van der Waals surface area contributed by atoms with Gasteiger partial charge in [0.15, 0.2) is 18.1 Å². The summed E-state index contributed by atoms with van der Waals surface area (Å²) in [5, 5.41) is 3.00. The fourth-order valence-corrected chi connectivity index (χ4v) is 3.87. The number of rotatable bonds is 12. The highest BCUT2D eigenvalue weighted by Gasteiger charge is 2.33. The lowest BCUT2D eigenvalue weighted by Gasteiger charge is -2.23. The van der Waals surface area contributed by atoms with Crippen LogP contribution in [-0.4, -0.2) is 56.1 Å². The Balaban J connectivity index is 1.53. The fourth-order valence-electron chi connectivity index (χ4n) is 3.87. The number of benzene rings is 2. The molecule has 1 N–H and O–H groups in total. The molecule has 178 valence electrons. The molecule has 3 rings (SSSR count). The maximum absolute atomic E-state index is 12.8. The van der Waals surface area contributed by atoms with E-state index in [0.717, 1.165) is 42.9 Å². The lowest BCUT2D eigenvalue weighted by Crippen LogP contribution is -2.38. The topological polar surface area (TPSA) is 71.1 Å². The highest BCUT2D eigenvalue weighted by molar-refractivity contribution is 5.92. The van der Waals surface area contributed by atoms with Crippen LogP contribution in [0.5, 0.6) is 11.5 Å². The zero-order valence-corrected chi connectivity index (χ0v) is 20.1. The van der Waals surface area contributed by atoms with Crippen LogP contribution >= 0.6 is 0 Å². The average Bonchev–Trinajstić information content (AvgIpc) is 3.65. The van der Waals surface area contributed by atoms with Crippen LogP contribution in [0.2, 0.25) is 0 Å². The summed E-state index contributed by atoms with van der Waals surface area (Å²) < 4.78 is 11.0. The minimum atomic E-state index is -0.115. The van der Waals surface area contributed by atoms with Gasteiger partial charge in [-0.3, -0.25) is 9.59 Å². The quantitative estimate of drug-likeness (QED) is 0.520. The molecule has 0 spiro atoms. The second kappa shape index (κ2) is 11.6. The normalized spacial score (nSPS) is 12.7. The Kier molecular flexibility index (Phi) is 8.58. The molecule has 0 radical (unpaired) electrons. The summed E-state index contributed by atoms with van der Waals surface area (Å²) in [6.07, 6.45) is 2.18. The summed E-state index contributed by atoms with van der Waals surface area (Å²) in [6.45, 7) is 8.43. The molecule has 0 aliphatic heterocycles. The van der Waals surface area contributed by atoms with Gasteiger partial charge in [0.1, 0.15) is 0 Å². The van der Waals surface area contributed by atoms with Gasteiger partial charge < -0.3 is 24.6 Å². The maximum atomic E-state index is 12.8. The molecule has 0 unspecified atom stereocenters. The number of hydrogen-bond donors (Lipinski definition) is 1. The highest BCUT2D eigenvalue weighted by atomic mass is 16.5. The standard InChI is InChI=1S/C26H35N3O4/c1-5-28(6-2)21-13-14-22(19(3)17-21)27-25(30)15-16-29(20-11-12-20)26(31)18-33-24-10-8-7-9-23(24)32-4/h7-10,13-14,17,20H,5-6,11-12,15-16,18H2,1-4H3,(H,27,30). The van der Waals surface area contributed by atoms with Crippen LogP contribution in [0.15, 0.2) is 42.5 Å². The van der Waals surface area contributed by atoms with E-state index in [2.05, 4.69) is 30.1 Å². The Morgan fingerprint density at radius 3 is 2.36 bits per heavy atom. The minimum absolute atomic E-state index is 0.0789. The summed E-state index contributed by atoms with van der Waals surface area (Å²) in [4.78, 5) is 29.5. The number of methoxy groups -OCH3 is 1. The summed E-state index contributed by atoms with van der Waals surface area (Å²) in [5.74, 6) is 0.907. The first-order chi connectivity index (χ1) is 16.0. The largest absolute Gasteiger partial charge is 0.493 e. The first-order valence-electron chi connectivity index (χ1n) is 11.7. The number of nitrogens with one attached hydrogen (secondary N) is 1. The van der Waals surface area contributed by atoms with E-state index in [0.29, 0.717) is 18.0 Å². The number of hydrogen-bond acceptors (Lipinski definition) is 5. The van der Waals surface area contributed by atoms with Crippen molar-refractivity contribution in [3.05, 3.63) is 48.0 Å². The van der Waals surface area contributed by atoms with Crippen LogP contribution < -0.4 is 19.7 Å². The number of carbonyl (C=O) groups is 2. The van der Waals surface area contributed by atoms with Crippen LogP contribution in [0.25, 0.3) is 0 Å². The van der Waals surface area contributed by atoms with Gasteiger partial charge in [0.25, 0.3) is 5.91 Å². The number of aryl methyl sites for hydroxylation is 1. The molecule has 7 heteroatoms. The van der Waals surface area contributed by atoms with Gasteiger partial charge in [-0.2, -0.15) is 0 Å². The SMILES string of the molecule is CCN(CC)c1ccc(NC(=O)CCN(C(=O)COc2ccccc2OC)C2CC2)c(C)c1. The Labute approximate surface area is 196 Å². The van der Waals surface area contributed by atoms with Gasteiger partial charge in [-0.05, 0) is 69.5 Å². The second-order valence-electron chi connectivity index (χ2n) is 8.23. The van der Waals surface area contributed by atoms with Crippen molar-refractivity contribution in [2.75, 3.05) is 43.6 Å². The number of para-hydroxylation sites is 2. The molecule has 0 heterocycles. The van der Waals surface area contributed by atoms with Crippen molar-refractivity contribution in [1.29, 1.82) is 0 Å². The van der Waals surface area contributed by atoms with E-state index in [-0.39, 0.29) is 30.9 Å². The minimum Gasteiger partial charge on any atom is -0.493 e. The second-order valence-corrected chi connectivity index (χ2v) is 8.23. The molecule has 2 aromatic rings. The molecule has 0 bridgehead atoms. The molecule has 0 atom stereocenters. The van der Waals surface area contributed by atoms with E-state index in [9.17, 15) is 9.59 Å². The molecule has 1 aliphatic carbocycles. The number of ether oxygens (including phenoxy) is 2. The zero-order chi connectivity index (χ0) is 23.8. The van der Waals surface area contributed by atoms with Crippen molar-refractivity contribution in [1.82, 2.24) is 4.90 Å². The highest BCUT2D eigenvalue weighted by Crippen LogP contribution is 2.29. The summed E-state index contributed by atoms with van der Waals surface area (Å²) in [7, 11) is 1.57. The predicted octanol–water partition coefficient (Wildman–Crippen LogP) is 4.25. The third kappa shape index (κ3) is 6.63. The molecule has 1 aliphatic rings. The molecule has 2 amide bonds. The Morgan fingerprint density at radius 2 is 1.76 bits per heavy atom. The monoisotopic (exact) mass is 453 g/mol. The van der Waals surface area contributed by atoms with Gasteiger partial charge in [0.05, 0.1) is 7.11 Å². The maximum Gasteiger partial charge on any atom is 0.260 e. The van der Waals surface area contributed by atoms with E-state index < -0.39 is 0 Å². The molecule has 2 aromatic carbocycles. The number of anilines is 2. The molecule has 1 fully saturated rings. The van der Waals surface area contributed by atoms with Crippen LogP contribution in [0.4, 0.5) is 11.4 Å². The molecule has 1 saturated carbocycles. The van der Waals surface area contributed by atoms with Crippen molar-refractivity contribution < 1.29 is 19.1 Å². The van der Waals surface area contributed by atoms with E-state index in [1.54, 1.807) is 24.1 Å². The van der Waals surface area contributed by atoms with Crippen LogP contribution in [0.3, 0.4) is 0 Å². The molecule has 0 aromatic heterocycles. The van der Waals surface area contributed by atoms with Gasteiger partial charge in [0.2, 0.25) is 5.91 Å². The van der Waals surface area contributed by atoms with Crippen LogP contribution in [0.1, 0.15) is 38.7 Å². The molecular formula is C26H35N3O4. The smallest absolute Gasteiger partial charge is 0.260 e. The predicted molar refractivity (Wildman–Crippen MR) is 131 cm³/mol. The molecular weight excluding hydrogens is 418 g/mol. The van der Waals surface area contributed by atoms with Crippen molar-refractivity contribution in [3.8, 4) is 11.5 Å². The molecule has 33 heavy (non-hydrogen) atoms. The Hall–Kier alpha value is -3.22. The lowest BCUT2D eigenvalue weighted by atomic mass is 10.1. The molecule has 7 nitrogen and oxygen atoms in total. The van der Waals surface area contributed by atoms with E-state index in [4.69, 9.17) is 9.47 Å². The van der Waals surface area contributed by atoms with Crippen molar-refractivity contribution in [2.45, 2.75) is 46.1 Å². The number of amides is 2. The Morgan fingerprint density at radius 1 is 1.06 bits per heavy atom. The Bertz CT molecular complexity index is 954. The first-order valence-corrected chi connectivity index (χ1v) is 11.7. The van der Waals surface area contributed by atoms with Gasteiger partial charge in [-0.1, -0.05) is 12.1 Å². The van der Waals surface area contributed by atoms with Gasteiger partial charge in [0, 0.05) is 43.5 Å². The van der Waals surface area contributed by atoms with Gasteiger partial charge in [-0.15, -0.1) is 0 Å². The van der Waals surface area contributed by atoms with E-state index >= 15 is 0 Å². The third-order valence-corrected chi connectivity index (χ3v) is 5.92. The van der Waals surface area contributed by atoms with Crippen LogP contribution in [0, 0.1) is 6.92 Å². The van der Waals surface area contributed by atoms with Crippen molar-refractivity contribution in [2.24, 2.45) is 0 Å². The zero-order valence-electron chi connectivity index (χ0n) is 20.1. The summed E-state index contributed by atoms with van der Waals surface area (Å²) in [6, 6.07) is 13.5. The third-order valence-electron chi connectivity index (χ3n) is 5.92. The number of nitrogens with zero attached hydrogens (tertiary/aromatic N) is 2. The van der Waals surface area contributed by atoms with Gasteiger partial charge >= 0.3 is 0 Å². The van der Waals surface area contributed by atoms with Gasteiger partial charge in [-0.25, -0.2) is 0 Å².